The average molecular weight is 376 g/mol. The molecule has 0 radical (unpaired) electrons. The van der Waals surface area contributed by atoms with Crippen molar-refractivity contribution in [1.82, 2.24) is 15.2 Å². The molecule has 2 aromatic carbocycles. The molecule has 1 saturated heterocycles. The molecule has 0 saturated carbocycles. The molecular weight excluding hydrogens is 346 g/mol. The quantitative estimate of drug-likeness (QED) is 0.670. The van der Waals surface area contributed by atoms with E-state index >= 15 is 0 Å². The summed E-state index contributed by atoms with van der Waals surface area (Å²) in [4.78, 5) is 6.73. The number of nitrogens with one attached hydrogen (secondary N) is 1. The maximum atomic E-state index is 6.07. The summed E-state index contributed by atoms with van der Waals surface area (Å²) in [7, 11) is 2.16. The summed E-state index contributed by atoms with van der Waals surface area (Å²) >= 11 is 0. The predicted octanol–water partition coefficient (Wildman–Crippen LogP) is 4.25. The number of nitrogens with zero attached hydrogens (tertiary/aromatic N) is 2. The highest BCUT2D eigenvalue weighted by Gasteiger charge is 2.13. The predicted molar refractivity (Wildman–Crippen MR) is 114 cm³/mol. The minimum atomic E-state index is 0.627. The van der Waals surface area contributed by atoms with Crippen LogP contribution in [0.4, 0.5) is 0 Å². The molecule has 0 aliphatic carbocycles. The van der Waals surface area contributed by atoms with Gasteiger partial charge in [0.05, 0.1) is 12.1 Å². The van der Waals surface area contributed by atoms with E-state index in [-0.39, 0.29) is 0 Å². The molecule has 3 aromatic rings. The van der Waals surface area contributed by atoms with E-state index in [4.69, 9.17) is 4.74 Å². The molecule has 1 fully saturated rings. The van der Waals surface area contributed by atoms with Crippen LogP contribution in [0, 0.1) is 5.92 Å². The Bertz CT molecular complexity index is 905. The summed E-state index contributed by atoms with van der Waals surface area (Å²) in [5, 5.41) is 4.65. The molecule has 1 N–H and O–H groups in total. The fourth-order valence-electron chi connectivity index (χ4n) is 3.92. The molecule has 1 unspecified atom stereocenters. The standard InChI is InChI=1S/C24H29N3O/c1-27(17-20-9-10-24-22(13-20)7-4-12-26-24)16-19-5-2-8-23(14-19)28-18-21-6-3-11-25-15-21/h2,4-5,7-10,12-14,21,25H,3,6,11,15-18H2,1H3. The van der Waals surface area contributed by atoms with Gasteiger partial charge in [-0.15, -0.1) is 0 Å². The molecular formula is C24H29N3O. The molecule has 1 aromatic heterocycles. The summed E-state index contributed by atoms with van der Waals surface area (Å²) in [5.74, 6) is 1.61. The Kier molecular flexibility index (Phi) is 6.20. The summed E-state index contributed by atoms with van der Waals surface area (Å²) < 4.78 is 6.07. The summed E-state index contributed by atoms with van der Waals surface area (Å²) in [6.45, 7) is 4.82. The first-order valence-electron chi connectivity index (χ1n) is 10.2. The van der Waals surface area contributed by atoms with Crippen molar-refractivity contribution in [3.8, 4) is 5.75 Å². The Labute approximate surface area is 167 Å². The highest BCUT2D eigenvalue weighted by molar-refractivity contribution is 5.78. The first-order valence-corrected chi connectivity index (χ1v) is 10.2. The third kappa shape index (κ3) is 5.09. The Morgan fingerprint density at radius 2 is 1.96 bits per heavy atom. The van der Waals surface area contributed by atoms with Crippen LogP contribution in [-0.4, -0.2) is 36.6 Å². The molecule has 4 rings (SSSR count). The van der Waals surface area contributed by atoms with Crippen molar-refractivity contribution < 1.29 is 4.74 Å². The van der Waals surface area contributed by atoms with Gasteiger partial charge in [0.2, 0.25) is 0 Å². The van der Waals surface area contributed by atoms with Crippen molar-refractivity contribution in [2.24, 2.45) is 5.92 Å². The molecule has 1 atom stereocenters. The number of benzene rings is 2. The van der Waals surface area contributed by atoms with Gasteiger partial charge in [0.15, 0.2) is 0 Å². The van der Waals surface area contributed by atoms with E-state index in [9.17, 15) is 0 Å². The van der Waals surface area contributed by atoms with Gasteiger partial charge in [-0.1, -0.05) is 24.3 Å². The zero-order chi connectivity index (χ0) is 19.2. The minimum Gasteiger partial charge on any atom is -0.493 e. The number of pyridine rings is 1. The van der Waals surface area contributed by atoms with Crippen LogP contribution in [0.25, 0.3) is 10.9 Å². The van der Waals surface area contributed by atoms with E-state index in [1.807, 2.05) is 12.3 Å². The maximum Gasteiger partial charge on any atom is 0.119 e. The maximum absolute atomic E-state index is 6.07. The molecule has 4 nitrogen and oxygen atoms in total. The Balaban J connectivity index is 1.33. The smallest absolute Gasteiger partial charge is 0.119 e. The molecule has 146 valence electrons. The lowest BCUT2D eigenvalue weighted by Gasteiger charge is -2.23. The fourth-order valence-corrected chi connectivity index (χ4v) is 3.92. The second-order valence-corrected chi connectivity index (χ2v) is 7.87. The highest BCUT2D eigenvalue weighted by Crippen LogP contribution is 2.19. The largest absolute Gasteiger partial charge is 0.493 e. The monoisotopic (exact) mass is 375 g/mol. The number of fused-ring (bicyclic) bond motifs is 1. The second-order valence-electron chi connectivity index (χ2n) is 7.87. The van der Waals surface area contributed by atoms with Crippen molar-refractivity contribution >= 4 is 10.9 Å². The molecule has 0 bridgehead atoms. The Hall–Kier alpha value is -2.43. The zero-order valence-electron chi connectivity index (χ0n) is 16.6. The SMILES string of the molecule is CN(Cc1cccc(OCC2CCCNC2)c1)Cc1ccc2ncccc2c1. The normalized spacial score (nSPS) is 17.1. The molecule has 4 heteroatoms. The second kappa shape index (κ2) is 9.18. The van der Waals surface area contributed by atoms with Gasteiger partial charge >= 0.3 is 0 Å². The lowest BCUT2D eigenvalue weighted by molar-refractivity contribution is 0.218. The molecule has 2 heterocycles. The van der Waals surface area contributed by atoms with Gasteiger partial charge in [0.25, 0.3) is 0 Å². The molecule has 0 amide bonds. The third-order valence-corrected chi connectivity index (χ3v) is 5.36. The van der Waals surface area contributed by atoms with Crippen molar-refractivity contribution in [3.05, 3.63) is 71.9 Å². The van der Waals surface area contributed by atoms with Crippen molar-refractivity contribution in [3.63, 3.8) is 0 Å². The first-order chi connectivity index (χ1) is 13.8. The number of hydrogen-bond acceptors (Lipinski definition) is 4. The van der Waals surface area contributed by atoms with Crippen LogP contribution in [-0.2, 0) is 13.1 Å². The van der Waals surface area contributed by atoms with E-state index in [2.05, 4.69) is 70.8 Å². The Morgan fingerprint density at radius 3 is 2.82 bits per heavy atom. The van der Waals surface area contributed by atoms with Gasteiger partial charge in [-0.25, -0.2) is 0 Å². The highest BCUT2D eigenvalue weighted by atomic mass is 16.5. The van der Waals surface area contributed by atoms with E-state index in [0.717, 1.165) is 44.1 Å². The third-order valence-electron chi connectivity index (χ3n) is 5.36. The lowest BCUT2D eigenvalue weighted by atomic mass is 10.0. The van der Waals surface area contributed by atoms with Crippen molar-refractivity contribution in [2.75, 3.05) is 26.7 Å². The van der Waals surface area contributed by atoms with Gasteiger partial charge in [0, 0.05) is 37.1 Å². The topological polar surface area (TPSA) is 37.4 Å². The van der Waals surface area contributed by atoms with Crippen molar-refractivity contribution in [1.29, 1.82) is 0 Å². The fraction of sp³-hybridized carbons (Fsp3) is 0.375. The van der Waals surface area contributed by atoms with Crippen LogP contribution in [0.2, 0.25) is 0 Å². The van der Waals surface area contributed by atoms with Crippen LogP contribution >= 0.6 is 0 Å². The summed E-state index contributed by atoms with van der Waals surface area (Å²) in [6, 6.07) is 19.1. The lowest BCUT2D eigenvalue weighted by Crippen LogP contribution is -2.33. The minimum absolute atomic E-state index is 0.627. The van der Waals surface area contributed by atoms with Crippen LogP contribution < -0.4 is 10.1 Å². The zero-order valence-corrected chi connectivity index (χ0v) is 16.6. The van der Waals surface area contributed by atoms with Crippen LogP contribution in [0.15, 0.2) is 60.8 Å². The molecule has 1 aliphatic heterocycles. The van der Waals surface area contributed by atoms with Crippen LogP contribution in [0.3, 0.4) is 0 Å². The van der Waals surface area contributed by atoms with Gasteiger partial charge in [-0.05, 0) is 67.9 Å². The van der Waals surface area contributed by atoms with Gasteiger partial charge in [-0.2, -0.15) is 0 Å². The van der Waals surface area contributed by atoms with Gasteiger partial charge in [0.1, 0.15) is 5.75 Å². The van der Waals surface area contributed by atoms with Crippen molar-refractivity contribution in [2.45, 2.75) is 25.9 Å². The molecule has 28 heavy (non-hydrogen) atoms. The first kappa shape index (κ1) is 18.9. The summed E-state index contributed by atoms with van der Waals surface area (Å²) in [5.41, 5.74) is 3.64. The van der Waals surface area contributed by atoms with E-state index < -0.39 is 0 Å². The molecule has 0 spiro atoms. The number of rotatable bonds is 7. The van der Waals surface area contributed by atoms with E-state index in [1.165, 1.54) is 29.4 Å². The number of ether oxygens (including phenoxy) is 1. The van der Waals surface area contributed by atoms with Crippen LogP contribution in [0.1, 0.15) is 24.0 Å². The van der Waals surface area contributed by atoms with E-state index in [0.29, 0.717) is 5.92 Å². The summed E-state index contributed by atoms with van der Waals surface area (Å²) in [6.07, 6.45) is 4.36. The average Bonchev–Trinajstić information content (AvgIpc) is 2.73. The van der Waals surface area contributed by atoms with Gasteiger partial charge < -0.3 is 10.1 Å². The number of piperidine rings is 1. The number of aromatic nitrogens is 1. The van der Waals surface area contributed by atoms with Crippen LogP contribution in [0.5, 0.6) is 5.75 Å². The molecule has 1 aliphatic rings. The number of hydrogen-bond donors (Lipinski definition) is 1. The Morgan fingerprint density at radius 1 is 1.07 bits per heavy atom. The van der Waals surface area contributed by atoms with E-state index in [1.54, 1.807) is 0 Å². The van der Waals surface area contributed by atoms with Gasteiger partial charge in [-0.3, -0.25) is 9.88 Å².